The predicted molar refractivity (Wildman–Crippen MR) is 72.6 cm³/mol. The number of nitrogens with zero attached hydrogens (tertiary/aromatic N) is 2. The van der Waals surface area contributed by atoms with Gasteiger partial charge in [0.2, 0.25) is 5.88 Å². The number of amidine groups is 1. The molecule has 3 N–H and O–H groups in total. The first-order chi connectivity index (χ1) is 8.88. The lowest BCUT2D eigenvalue weighted by Crippen LogP contribution is -2.36. The van der Waals surface area contributed by atoms with Crippen LogP contribution in [0.5, 0.6) is 5.88 Å². The van der Waals surface area contributed by atoms with Gasteiger partial charge in [-0.1, -0.05) is 0 Å². The Morgan fingerprint density at radius 3 is 2.53 bits per heavy atom. The molecule has 106 valence electrons. The number of nitrogen functional groups attached to an aromatic ring is 1. The fourth-order valence-corrected chi connectivity index (χ4v) is 2.68. The molecule has 1 fully saturated rings. The Bertz CT molecular complexity index is 473. The summed E-state index contributed by atoms with van der Waals surface area (Å²) >= 11 is 0. The summed E-state index contributed by atoms with van der Waals surface area (Å²) in [6, 6.07) is 0. The molecule has 2 unspecified atom stereocenters. The number of hydrogen-bond donors (Lipinski definition) is 2. The molecule has 0 aromatic carbocycles. The second kappa shape index (κ2) is 5.21. The summed E-state index contributed by atoms with van der Waals surface area (Å²) in [5.41, 5.74) is 6.93. The van der Waals surface area contributed by atoms with E-state index in [9.17, 15) is 0 Å². The summed E-state index contributed by atoms with van der Waals surface area (Å²) < 4.78 is 13.4. The first-order valence-corrected chi connectivity index (χ1v) is 6.58. The lowest BCUT2D eigenvalue weighted by Gasteiger charge is -2.32. The Morgan fingerprint density at radius 2 is 2.00 bits per heavy atom. The highest BCUT2D eigenvalue weighted by Crippen LogP contribution is 2.27. The van der Waals surface area contributed by atoms with Gasteiger partial charge in [-0.15, -0.1) is 0 Å². The van der Waals surface area contributed by atoms with Gasteiger partial charge in [-0.2, -0.15) is 5.10 Å². The third-order valence-corrected chi connectivity index (χ3v) is 3.37. The largest absolute Gasteiger partial charge is 0.474 e. The second-order valence-electron chi connectivity index (χ2n) is 5.27. The number of nitrogens with two attached hydrogens (primary N) is 1. The third-order valence-electron chi connectivity index (χ3n) is 3.37. The molecule has 1 aliphatic rings. The van der Waals surface area contributed by atoms with E-state index in [1.807, 2.05) is 20.8 Å². The monoisotopic (exact) mass is 266 g/mol. The van der Waals surface area contributed by atoms with E-state index in [2.05, 4.69) is 5.10 Å². The molecular weight excluding hydrogens is 244 g/mol. The van der Waals surface area contributed by atoms with Crippen LogP contribution in [0.3, 0.4) is 0 Å². The van der Waals surface area contributed by atoms with E-state index in [4.69, 9.17) is 20.6 Å². The van der Waals surface area contributed by atoms with Crippen LogP contribution in [-0.4, -0.2) is 33.9 Å². The molecule has 0 aliphatic carbocycles. The van der Waals surface area contributed by atoms with E-state index in [1.54, 1.807) is 11.7 Å². The highest BCUT2D eigenvalue weighted by molar-refractivity contribution is 5.98. The van der Waals surface area contributed by atoms with Crippen LogP contribution >= 0.6 is 0 Å². The van der Waals surface area contributed by atoms with Crippen LogP contribution in [0.25, 0.3) is 0 Å². The molecule has 0 saturated carbocycles. The van der Waals surface area contributed by atoms with Crippen LogP contribution in [-0.2, 0) is 11.8 Å². The zero-order valence-corrected chi connectivity index (χ0v) is 11.9. The van der Waals surface area contributed by atoms with Crippen LogP contribution < -0.4 is 10.5 Å². The van der Waals surface area contributed by atoms with Gasteiger partial charge < -0.3 is 15.2 Å². The van der Waals surface area contributed by atoms with Crippen LogP contribution in [0.2, 0.25) is 0 Å². The summed E-state index contributed by atoms with van der Waals surface area (Å²) in [4.78, 5) is 0. The van der Waals surface area contributed by atoms with Gasteiger partial charge in [-0.3, -0.25) is 5.41 Å². The molecule has 2 heterocycles. The standard InChI is InChI=1S/C13H22N4O2/c1-7-5-10(6-8(2)18-7)19-13-11(12(14)15)9(3)16-17(13)4/h7-8,10H,5-6H2,1-4H3,(H3,14,15). The van der Waals surface area contributed by atoms with Crippen molar-refractivity contribution in [3.8, 4) is 5.88 Å². The van der Waals surface area contributed by atoms with Crippen molar-refractivity contribution >= 4 is 5.84 Å². The summed E-state index contributed by atoms with van der Waals surface area (Å²) in [7, 11) is 1.81. The molecule has 1 saturated heterocycles. The van der Waals surface area contributed by atoms with Crippen LogP contribution in [0.1, 0.15) is 37.9 Å². The van der Waals surface area contributed by atoms with Gasteiger partial charge in [-0.05, 0) is 20.8 Å². The third kappa shape index (κ3) is 2.89. The number of aromatic nitrogens is 2. The first-order valence-electron chi connectivity index (χ1n) is 6.58. The Labute approximate surface area is 113 Å². The van der Waals surface area contributed by atoms with E-state index >= 15 is 0 Å². The molecule has 0 bridgehead atoms. The van der Waals surface area contributed by atoms with Gasteiger partial charge >= 0.3 is 0 Å². The normalized spacial score (nSPS) is 27.3. The zero-order chi connectivity index (χ0) is 14.2. The van der Waals surface area contributed by atoms with Gasteiger partial charge in [0.15, 0.2) is 0 Å². The van der Waals surface area contributed by atoms with Gasteiger partial charge in [0.05, 0.1) is 17.9 Å². The van der Waals surface area contributed by atoms with Crippen molar-refractivity contribution < 1.29 is 9.47 Å². The minimum Gasteiger partial charge on any atom is -0.474 e. The summed E-state index contributed by atoms with van der Waals surface area (Å²) in [6.07, 6.45) is 2.12. The molecule has 1 aliphatic heterocycles. The summed E-state index contributed by atoms with van der Waals surface area (Å²) in [6.45, 7) is 5.93. The summed E-state index contributed by atoms with van der Waals surface area (Å²) in [5.74, 6) is 0.574. The topological polar surface area (TPSA) is 86.2 Å². The molecule has 2 rings (SSSR count). The molecule has 0 spiro atoms. The van der Waals surface area contributed by atoms with Crippen molar-refractivity contribution in [2.75, 3.05) is 0 Å². The second-order valence-corrected chi connectivity index (χ2v) is 5.27. The molecule has 6 heteroatoms. The molecular formula is C13H22N4O2. The number of nitrogens with one attached hydrogen (secondary N) is 1. The Kier molecular flexibility index (Phi) is 3.80. The highest BCUT2D eigenvalue weighted by Gasteiger charge is 2.28. The maximum atomic E-state index is 7.65. The van der Waals surface area contributed by atoms with Crippen molar-refractivity contribution in [2.24, 2.45) is 12.8 Å². The smallest absolute Gasteiger partial charge is 0.223 e. The van der Waals surface area contributed by atoms with Crippen molar-refractivity contribution in [3.05, 3.63) is 11.3 Å². The predicted octanol–water partition coefficient (Wildman–Crippen LogP) is 1.35. The Morgan fingerprint density at radius 1 is 1.42 bits per heavy atom. The maximum absolute atomic E-state index is 7.65. The molecule has 1 aromatic heterocycles. The van der Waals surface area contributed by atoms with E-state index in [1.165, 1.54) is 0 Å². The Hall–Kier alpha value is -1.56. The van der Waals surface area contributed by atoms with Crippen molar-refractivity contribution in [2.45, 2.75) is 51.9 Å². The van der Waals surface area contributed by atoms with Gasteiger partial charge in [0, 0.05) is 19.9 Å². The number of hydrogen-bond acceptors (Lipinski definition) is 4. The van der Waals surface area contributed by atoms with E-state index in [-0.39, 0.29) is 24.1 Å². The van der Waals surface area contributed by atoms with Gasteiger partial charge in [0.1, 0.15) is 17.5 Å². The molecule has 2 atom stereocenters. The van der Waals surface area contributed by atoms with Gasteiger partial charge in [0.25, 0.3) is 0 Å². The number of rotatable bonds is 3. The maximum Gasteiger partial charge on any atom is 0.223 e. The first kappa shape index (κ1) is 13.9. The van der Waals surface area contributed by atoms with Crippen molar-refractivity contribution in [1.29, 1.82) is 5.41 Å². The van der Waals surface area contributed by atoms with Crippen LogP contribution in [0.4, 0.5) is 0 Å². The van der Waals surface area contributed by atoms with Gasteiger partial charge in [-0.25, -0.2) is 4.68 Å². The SMILES string of the molecule is Cc1nn(C)c(OC2CC(C)OC(C)C2)c1C(=N)N. The Balaban J connectivity index is 2.21. The lowest BCUT2D eigenvalue weighted by atomic mass is 10.0. The van der Waals surface area contributed by atoms with Crippen LogP contribution in [0, 0.1) is 12.3 Å². The van der Waals surface area contributed by atoms with E-state index in [0.717, 1.165) is 18.5 Å². The highest BCUT2D eigenvalue weighted by atomic mass is 16.5. The number of ether oxygens (including phenoxy) is 2. The number of aryl methyl sites for hydroxylation is 2. The van der Waals surface area contributed by atoms with Crippen molar-refractivity contribution in [3.63, 3.8) is 0 Å². The fourth-order valence-electron chi connectivity index (χ4n) is 2.68. The lowest BCUT2D eigenvalue weighted by molar-refractivity contribution is -0.0736. The molecule has 1 aromatic rings. The zero-order valence-electron chi connectivity index (χ0n) is 11.9. The van der Waals surface area contributed by atoms with E-state index < -0.39 is 0 Å². The molecule has 19 heavy (non-hydrogen) atoms. The minimum atomic E-state index is -0.00578. The van der Waals surface area contributed by atoms with Crippen LogP contribution in [0.15, 0.2) is 0 Å². The fraction of sp³-hybridized carbons (Fsp3) is 0.692. The molecule has 6 nitrogen and oxygen atoms in total. The average molecular weight is 266 g/mol. The summed E-state index contributed by atoms with van der Waals surface area (Å²) in [5, 5.41) is 11.9. The molecule has 0 amide bonds. The molecule has 0 radical (unpaired) electrons. The minimum absolute atomic E-state index is 0.00578. The average Bonchev–Trinajstić information content (AvgIpc) is 2.52. The van der Waals surface area contributed by atoms with Crippen molar-refractivity contribution in [1.82, 2.24) is 9.78 Å². The quantitative estimate of drug-likeness (QED) is 0.638. The van der Waals surface area contributed by atoms with E-state index in [0.29, 0.717) is 11.4 Å².